The molecule has 2 atom stereocenters. The van der Waals surface area contributed by atoms with E-state index in [0.717, 1.165) is 18.2 Å². The Hall–Kier alpha value is -3.43. The molecule has 0 heterocycles. The maximum absolute atomic E-state index is 13.1. The van der Waals surface area contributed by atoms with Gasteiger partial charge in [-0.3, -0.25) is 9.59 Å². The number of carboxylic acids is 1. The first-order valence-corrected chi connectivity index (χ1v) is 9.16. The van der Waals surface area contributed by atoms with Gasteiger partial charge in [0.15, 0.2) is 0 Å². The highest BCUT2D eigenvalue weighted by molar-refractivity contribution is 5.90. The fourth-order valence-electron chi connectivity index (χ4n) is 2.89. The van der Waals surface area contributed by atoms with Crippen molar-refractivity contribution in [2.75, 3.05) is 0 Å². The van der Waals surface area contributed by atoms with E-state index in [9.17, 15) is 37.1 Å². The second-order valence-electron chi connectivity index (χ2n) is 6.89. The molecular formula is C21H20F4N2O4. The van der Waals surface area contributed by atoms with Crippen LogP contribution in [0.3, 0.4) is 0 Å². The number of rotatable bonds is 8. The topological polar surface area (TPSA) is 95.5 Å². The van der Waals surface area contributed by atoms with Gasteiger partial charge in [-0.15, -0.1) is 0 Å². The maximum Gasteiger partial charge on any atom is 0.416 e. The summed E-state index contributed by atoms with van der Waals surface area (Å²) in [6.45, 7) is 1.17. The van der Waals surface area contributed by atoms with Gasteiger partial charge in [-0.1, -0.05) is 30.3 Å². The van der Waals surface area contributed by atoms with Crippen molar-refractivity contribution in [3.8, 4) is 0 Å². The van der Waals surface area contributed by atoms with Crippen molar-refractivity contribution >= 4 is 17.8 Å². The summed E-state index contributed by atoms with van der Waals surface area (Å²) >= 11 is 0. The number of amides is 2. The van der Waals surface area contributed by atoms with Gasteiger partial charge in [0.25, 0.3) is 0 Å². The quantitative estimate of drug-likeness (QED) is 0.550. The van der Waals surface area contributed by atoms with Crippen LogP contribution < -0.4 is 10.6 Å². The van der Waals surface area contributed by atoms with E-state index in [0.29, 0.717) is 5.56 Å². The zero-order valence-electron chi connectivity index (χ0n) is 16.4. The molecule has 0 radical (unpaired) electrons. The molecule has 0 aliphatic rings. The summed E-state index contributed by atoms with van der Waals surface area (Å²) in [6, 6.07) is 6.61. The lowest BCUT2D eigenvalue weighted by Gasteiger charge is -2.21. The first-order valence-electron chi connectivity index (χ1n) is 9.16. The molecule has 31 heavy (non-hydrogen) atoms. The predicted octanol–water partition coefficient (Wildman–Crippen LogP) is 2.70. The summed E-state index contributed by atoms with van der Waals surface area (Å²) in [7, 11) is 0. The number of halogens is 4. The van der Waals surface area contributed by atoms with Crippen LogP contribution >= 0.6 is 0 Å². The molecule has 0 unspecified atom stereocenters. The van der Waals surface area contributed by atoms with Crippen LogP contribution in [-0.2, 0) is 33.4 Å². The molecule has 0 saturated carbocycles. The fraction of sp³-hybridized carbons (Fsp3) is 0.286. The number of hydrogen-bond acceptors (Lipinski definition) is 3. The van der Waals surface area contributed by atoms with Crippen molar-refractivity contribution in [1.82, 2.24) is 10.6 Å². The largest absolute Gasteiger partial charge is 0.480 e. The van der Waals surface area contributed by atoms with Crippen LogP contribution in [0.1, 0.15) is 23.6 Å². The van der Waals surface area contributed by atoms with Gasteiger partial charge in [0.2, 0.25) is 11.8 Å². The maximum atomic E-state index is 13.1. The highest BCUT2D eigenvalue weighted by Crippen LogP contribution is 2.29. The van der Waals surface area contributed by atoms with Gasteiger partial charge < -0.3 is 15.7 Å². The van der Waals surface area contributed by atoms with E-state index in [1.54, 1.807) is 0 Å². The van der Waals surface area contributed by atoms with E-state index in [4.69, 9.17) is 0 Å². The summed E-state index contributed by atoms with van der Waals surface area (Å²) in [5, 5.41) is 14.1. The average molecular weight is 440 g/mol. The van der Waals surface area contributed by atoms with Gasteiger partial charge in [0.1, 0.15) is 17.9 Å². The molecule has 0 bridgehead atoms. The van der Waals surface area contributed by atoms with Gasteiger partial charge in [-0.05, 0) is 29.3 Å². The molecule has 166 valence electrons. The SMILES string of the molecule is CC(=O)N[C@@H](Cc1ccc(F)cc1)C(=O)N[C@@H](Cc1cccc(C(F)(F)F)c1)C(=O)O. The number of carbonyl (C=O) groups is 3. The Labute approximate surface area is 175 Å². The Morgan fingerprint density at radius 1 is 0.935 bits per heavy atom. The zero-order chi connectivity index (χ0) is 23.2. The van der Waals surface area contributed by atoms with Crippen molar-refractivity contribution in [3.05, 3.63) is 71.0 Å². The van der Waals surface area contributed by atoms with E-state index in [2.05, 4.69) is 10.6 Å². The van der Waals surface area contributed by atoms with Gasteiger partial charge >= 0.3 is 12.1 Å². The molecule has 2 aromatic rings. The molecule has 6 nitrogen and oxygen atoms in total. The summed E-state index contributed by atoms with van der Waals surface area (Å²) in [6.07, 6.45) is -5.03. The third kappa shape index (κ3) is 7.40. The smallest absolute Gasteiger partial charge is 0.416 e. The number of carboxylic acid groups (broad SMARTS) is 1. The van der Waals surface area contributed by atoms with Crippen LogP contribution in [0.25, 0.3) is 0 Å². The van der Waals surface area contributed by atoms with E-state index in [1.165, 1.54) is 37.3 Å². The summed E-state index contributed by atoms with van der Waals surface area (Å²) in [5.74, 6) is -3.32. The normalized spacial score (nSPS) is 13.2. The van der Waals surface area contributed by atoms with Crippen molar-refractivity contribution in [1.29, 1.82) is 0 Å². The molecule has 3 N–H and O–H groups in total. The van der Waals surface area contributed by atoms with Crippen LogP contribution in [0.5, 0.6) is 0 Å². The van der Waals surface area contributed by atoms with Crippen LogP contribution in [-0.4, -0.2) is 35.0 Å². The first kappa shape index (κ1) is 23.8. The van der Waals surface area contributed by atoms with Gasteiger partial charge in [-0.25, -0.2) is 9.18 Å². The Balaban J connectivity index is 2.17. The number of benzene rings is 2. The highest BCUT2D eigenvalue weighted by atomic mass is 19.4. The minimum Gasteiger partial charge on any atom is -0.480 e. The molecule has 2 amide bonds. The van der Waals surface area contributed by atoms with Crippen molar-refractivity contribution in [3.63, 3.8) is 0 Å². The van der Waals surface area contributed by atoms with E-state index in [-0.39, 0.29) is 12.0 Å². The molecule has 2 rings (SSSR count). The molecule has 0 aliphatic heterocycles. The van der Waals surface area contributed by atoms with E-state index in [1.807, 2.05) is 0 Å². The number of alkyl halides is 3. The molecule has 0 aromatic heterocycles. The molecule has 2 aromatic carbocycles. The minimum atomic E-state index is -4.59. The van der Waals surface area contributed by atoms with Gasteiger partial charge in [0.05, 0.1) is 5.56 Å². The standard InChI is InChI=1S/C21H20F4N2O4/c1-12(28)26-17(10-13-5-7-16(22)8-6-13)19(29)27-18(20(30)31)11-14-3-2-4-15(9-14)21(23,24)25/h2-9,17-18H,10-11H2,1H3,(H,26,28)(H,27,29)(H,30,31)/t17-,18-/m0/s1. The lowest BCUT2D eigenvalue weighted by molar-refractivity contribution is -0.142. The Morgan fingerprint density at radius 2 is 1.55 bits per heavy atom. The molecule has 0 spiro atoms. The molecule has 0 saturated heterocycles. The number of carbonyl (C=O) groups excluding carboxylic acids is 2. The molecular weight excluding hydrogens is 420 g/mol. The number of nitrogens with one attached hydrogen (secondary N) is 2. The lowest BCUT2D eigenvalue weighted by atomic mass is 10.0. The second-order valence-corrected chi connectivity index (χ2v) is 6.89. The van der Waals surface area contributed by atoms with Crippen LogP contribution in [0.2, 0.25) is 0 Å². The third-order valence-electron chi connectivity index (χ3n) is 4.36. The van der Waals surface area contributed by atoms with E-state index >= 15 is 0 Å². The predicted molar refractivity (Wildman–Crippen MR) is 102 cm³/mol. The third-order valence-corrected chi connectivity index (χ3v) is 4.36. The van der Waals surface area contributed by atoms with Crippen molar-refractivity contribution < 1.29 is 37.1 Å². The van der Waals surface area contributed by atoms with Gasteiger partial charge in [-0.2, -0.15) is 13.2 Å². The Kier molecular flexibility index (Phi) is 7.73. The fourth-order valence-corrected chi connectivity index (χ4v) is 2.89. The summed E-state index contributed by atoms with van der Waals surface area (Å²) in [5.41, 5.74) is -0.356. The van der Waals surface area contributed by atoms with Gasteiger partial charge in [0, 0.05) is 19.8 Å². The van der Waals surface area contributed by atoms with Crippen LogP contribution in [0.4, 0.5) is 17.6 Å². The zero-order valence-corrected chi connectivity index (χ0v) is 16.4. The minimum absolute atomic E-state index is 0.0401. The first-order chi connectivity index (χ1) is 14.5. The molecule has 0 fully saturated rings. The van der Waals surface area contributed by atoms with Crippen LogP contribution in [0, 0.1) is 5.82 Å². The molecule has 10 heteroatoms. The Morgan fingerprint density at radius 3 is 2.10 bits per heavy atom. The van der Waals surface area contributed by atoms with Crippen molar-refractivity contribution in [2.45, 2.75) is 38.0 Å². The monoisotopic (exact) mass is 440 g/mol. The average Bonchev–Trinajstić information content (AvgIpc) is 2.67. The highest BCUT2D eigenvalue weighted by Gasteiger charge is 2.31. The summed E-state index contributed by atoms with van der Waals surface area (Å²) in [4.78, 5) is 35.7. The number of hydrogen-bond donors (Lipinski definition) is 3. The van der Waals surface area contributed by atoms with E-state index < -0.39 is 53.8 Å². The van der Waals surface area contributed by atoms with Crippen LogP contribution in [0.15, 0.2) is 48.5 Å². The Bertz CT molecular complexity index is 945. The summed E-state index contributed by atoms with van der Waals surface area (Å²) < 4.78 is 51.7. The van der Waals surface area contributed by atoms with Crippen molar-refractivity contribution in [2.24, 2.45) is 0 Å². The number of aliphatic carboxylic acids is 1. The molecule has 0 aliphatic carbocycles. The lowest BCUT2D eigenvalue weighted by Crippen LogP contribution is -2.52. The second kappa shape index (κ2) is 10.1.